The van der Waals surface area contributed by atoms with E-state index in [9.17, 15) is 9.18 Å². The molecule has 0 aliphatic carbocycles. The van der Waals surface area contributed by atoms with Gasteiger partial charge < -0.3 is 9.64 Å². The standard InChI is InChI=1S/C16H23BrFNO2/c1-11(2)9-19(15(20)21-16(3,4)5)10-12-6-7-13(18)8-14(12)17/h6-8,11H,9-10H2,1-5H3. The van der Waals surface area contributed by atoms with Crippen LogP contribution in [0.3, 0.4) is 0 Å². The topological polar surface area (TPSA) is 29.5 Å². The van der Waals surface area contributed by atoms with Crippen molar-refractivity contribution < 1.29 is 13.9 Å². The van der Waals surface area contributed by atoms with Crippen molar-refractivity contribution in [2.24, 2.45) is 5.92 Å². The third kappa shape index (κ3) is 6.46. The molecule has 0 aliphatic rings. The van der Waals surface area contributed by atoms with Crippen LogP contribution in [0.1, 0.15) is 40.2 Å². The molecule has 1 aromatic rings. The third-order valence-electron chi connectivity index (χ3n) is 2.61. The molecule has 0 aliphatic heterocycles. The number of ether oxygens (including phenoxy) is 1. The average Bonchev–Trinajstić information content (AvgIpc) is 2.28. The first kappa shape index (κ1) is 18.0. The number of amides is 1. The second-order valence-electron chi connectivity index (χ2n) is 6.49. The van der Waals surface area contributed by atoms with Crippen LogP contribution < -0.4 is 0 Å². The molecule has 0 spiro atoms. The molecule has 1 amide bonds. The van der Waals surface area contributed by atoms with Gasteiger partial charge in [-0.1, -0.05) is 35.8 Å². The van der Waals surface area contributed by atoms with E-state index >= 15 is 0 Å². The van der Waals surface area contributed by atoms with Gasteiger partial charge in [0, 0.05) is 11.0 Å². The Labute approximate surface area is 134 Å². The van der Waals surface area contributed by atoms with Gasteiger partial charge in [0.05, 0.1) is 6.54 Å². The minimum absolute atomic E-state index is 0.307. The fraction of sp³-hybridized carbons (Fsp3) is 0.562. The van der Waals surface area contributed by atoms with Crippen molar-refractivity contribution >= 4 is 22.0 Å². The van der Waals surface area contributed by atoms with Gasteiger partial charge in [-0.3, -0.25) is 0 Å². The van der Waals surface area contributed by atoms with Gasteiger partial charge in [-0.05, 0) is 44.4 Å². The Bertz CT molecular complexity index is 498. The summed E-state index contributed by atoms with van der Waals surface area (Å²) in [4.78, 5) is 13.9. The second kappa shape index (κ2) is 7.25. The smallest absolute Gasteiger partial charge is 0.410 e. The van der Waals surface area contributed by atoms with Crippen LogP contribution >= 0.6 is 15.9 Å². The van der Waals surface area contributed by atoms with E-state index in [1.54, 1.807) is 11.0 Å². The van der Waals surface area contributed by atoms with Crippen molar-refractivity contribution in [3.8, 4) is 0 Å². The number of hydrogen-bond donors (Lipinski definition) is 0. The molecule has 0 saturated heterocycles. The molecule has 3 nitrogen and oxygen atoms in total. The SMILES string of the molecule is CC(C)CN(Cc1ccc(F)cc1Br)C(=O)OC(C)(C)C. The van der Waals surface area contributed by atoms with E-state index in [1.165, 1.54) is 12.1 Å². The summed E-state index contributed by atoms with van der Waals surface area (Å²) in [5.74, 6) is 0.00930. The van der Waals surface area contributed by atoms with E-state index in [-0.39, 0.29) is 11.9 Å². The van der Waals surface area contributed by atoms with Crippen molar-refractivity contribution in [3.63, 3.8) is 0 Å². The Morgan fingerprint density at radius 2 is 2.00 bits per heavy atom. The molecule has 0 radical (unpaired) electrons. The first-order chi connectivity index (χ1) is 9.58. The maximum Gasteiger partial charge on any atom is 0.410 e. The van der Waals surface area contributed by atoms with Gasteiger partial charge in [0.2, 0.25) is 0 Å². The number of nitrogens with zero attached hydrogens (tertiary/aromatic N) is 1. The van der Waals surface area contributed by atoms with E-state index in [1.807, 2.05) is 34.6 Å². The molecule has 0 saturated carbocycles. The van der Waals surface area contributed by atoms with Crippen LogP contribution in [0.4, 0.5) is 9.18 Å². The highest BCUT2D eigenvalue weighted by atomic mass is 79.9. The summed E-state index contributed by atoms with van der Waals surface area (Å²) in [7, 11) is 0. The first-order valence-electron chi connectivity index (χ1n) is 7.00. The summed E-state index contributed by atoms with van der Waals surface area (Å²) in [6.45, 7) is 10.6. The number of benzene rings is 1. The number of carbonyl (C=O) groups is 1. The number of halogens is 2. The summed E-state index contributed by atoms with van der Waals surface area (Å²) in [5, 5.41) is 0. The van der Waals surface area contributed by atoms with Crippen molar-refractivity contribution in [2.45, 2.75) is 46.8 Å². The molecule has 0 heterocycles. The first-order valence-corrected chi connectivity index (χ1v) is 7.79. The van der Waals surface area contributed by atoms with Gasteiger partial charge in [0.1, 0.15) is 11.4 Å². The lowest BCUT2D eigenvalue weighted by atomic mass is 10.1. The molecular weight excluding hydrogens is 337 g/mol. The predicted octanol–water partition coefficient (Wildman–Crippen LogP) is 4.98. The molecule has 0 atom stereocenters. The van der Waals surface area contributed by atoms with Gasteiger partial charge in [-0.2, -0.15) is 0 Å². The molecule has 5 heteroatoms. The highest BCUT2D eigenvalue weighted by Gasteiger charge is 2.23. The number of carbonyl (C=O) groups excluding carboxylic acids is 1. The quantitative estimate of drug-likeness (QED) is 0.758. The van der Waals surface area contributed by atoms with Crippen molar-refractivity contribution in [3.05, 3.63) is 34.1 Å². The Morgan fingerprint density at radius 1 is 1.38 bits per heavy atom. The van der Waals surface area contributed by atoms with E-state index in [0.717, 1.165) is 5.56 Å². The zero-order valence-electron chi connectivity index (χ0n) is 13.2. The highest BCUT2D eigenvalue weighted by Crippen LogP contribution is 2.21. The van der Waals surface area contributed by atoms with Crippen LogP contribution in [-0.2, 0) is 11.3 Å². The Balaban J connectivity index is 2.90. The average molecular weight is 360 g/mol. The van der Waals surface area contributed by atoms with Crippen LogP contribution in [0.25, 0.3) is 0 Å². The Hall–Kier alpha value is -1.10. The van der Waals surface area contributed by atoms with E-state index < -0.39 is 5.60 Å². The van der Waals surface area contributed by atoms with Crippen molar-refractivity contribution in [2.75, 3.05) is 6.54 Å². The zero-order chi connectivity index (χ0) is 16.2. The minimum Gasteiger partial charge on any atom is -0.444 e. The molecule has 0 N–H and O–H groups in total. The molecule has 118 valence electrons. The Morgan fingerprint density at radius 3 is 2.48 bits per heavy atom. The van der Waals surface area contributed by atoms with Gasteiger partial charge in [0.15, 0.2) is 0 Å². The number of rotatable bonds is 4. The lowest BCUT2D eigenvalue weighted by Gasteiger charge is -2.29. The van der Waals surface area contributed by atoms with Crippen LogP contribution in [0.15, 0.2) is 22.7 Å². The second-order valence-corrected chi connectivity index (χ2v) is 7.34. The monoisotopic (exact) mass is 359 g/mol. The van der Waals surface area contributed by atoms with Crippen molar-refractivity contribution in [1.29, 1.82) is 0 Å². The molecule has 21 heavy (non-hydrogen) atoms. The van der Waals surface area contributed by atoms with E-state index in [2.05, 4.69) is 15.9 Å². The molecule has 1 aromatic carbocycles. The Kier molecular flexibility index (Phi) is 6.20. The lowest BCUT2D eigenvalue weighted by Crippen LogP contribution is -2.38. The van der Waals surface area contributed by atoms with Crippen LogP contribution in [0.2, 0.25) is 0 Å². The normalized spacial score (nSPS) is 11.6. The van der Waals surface area contributed by atoms with Crippen LogP contribution in [0, 0.1) is 11.7 Å². The maximum absolute atomic E-state index is 13.1. The van der Waals surface area contributed by atoms with E-state index in [0.29, 0.717) is 23.5 Å². The molecule has 0 bridgehead atoms. The molecule has 1 rings (SSSR count). The molecule has 0 aromatic heterocycles. The summed E-state index contributed by atoms with van der Waals surface area (Å²) >= 11 is 3.33. The summed E-state index contributed by atoms with van der Waals surface area (Å²) < 4.78 is 19.2. The molecule has 0 fully saturated rings. The summed E-state index contributed by atoms with van der Waals surface area (Å²) in [6.07, 6.45) is -0.354. The minimum atomic E-state index is -0.535. The zero-order valence-corrected chi connectivity index (χ0v) is 14.8. The molecular formula is C16H23BrFNO2. The van der Waals surface area contributed by atoms with Crippen LogP contribution in [-0.4, -0.2) is 23.1 Å². The van der Waals surface area contributed by atoms with Gasteiger partial charge >= 0.3 is 6.09 Å². The summed E-state index contributed by atoms with van der Waals surface area (Å²) in [6, 6.07) is 4.47. The van der Waals surface area contributed by atoms with Gasteiger partial charge in [-0.25, -0.2) is 9.18 Å². The van der Waals surface area contributed by atoms with Gasteiger partial charge in [0.25, 0.3) is 0 Å². The maximum atomic E-state index is 13.1. The molecule has 0 unspecified atom stereocenters. The highest BCUT2D eigenvalue weighted by molar-refractivity contribution is 9.10. The van der Waals surface area contributed by atoms with Gasteiger partial charge in [-0.15, -0.1) is 0 Å². The predicted molar refractivity (Wildman–Crippen MR) is 85.6 cm³/mol. The fourth-order valence-corrected chi connectivity index (χ4v) is 2.30. The fourth-order valence-electron chi connectivity index (χ4n) is 1.83. The number of hydrogen-bond acceptors (Lipinski definition) is 2. The van der Waals surface area contributed by atoms with Crippen molar-refractivity contribution in [1.82, 2.24) is 4.90 Å². The van der Waals surface area contributed by atoms with E-state index in [4.69, 9.17) is 4.74 Å². The largest absolute Gasteiger partial charge is 0.444 e. The third-order valence-corrected chi connectivity index (χ3v) is 3.35. The lowest BCUT2D eigenvalue weighted by molar-refractivity contribution is 0.0211. The summed E-state index contributed by atoms with van der Waals surface area (Å²) in [5.41, 5.74) is 0.315. The van der Waals surface area contributed by atoms with Crippen LogP contribution in [0.5, 0.6) is 0 Å².